The Hall–Kier alpha value is -3.77. The molecule has 2 heterocycles. The van der Waals surface area contributed by atoms with Crippen molar-refractivity contribution in [3.8, 4) is 27.7 Å². The Labute approximate surface area is 215 Å². The molecule has 184 valence electrons. The third kappa shape index (κ3) is 4.56. The lowest BCUT2D eigenvalue weighted by atomic mass is 9.87. The van der Waals surface area contributed by atoms with Crippen LogP contribution >= 0.6 is 11.3 Å². The second-order valence-corrected chi connectivity index (χ2v) is 9.67. The topological polar surface area (TPSA) is 48.0 Å². The SMILES string of the molecule is CCOc1ccc(-c2ccc(C(=O)N3CCc4cc(OC)c(OC)cc4C3c3ccccc3)s2)cc1. The van der Waals surface area contributed by atoms with Gasteiger partial charge in [-0.1, -0.05) is 30.3 Å². The number of carbonyl (C=O) groups is 1. The van der Waals surface area contributed by atoms with Crippen LogP contribution in [-0.4, -0.2) is 38.2 Å². The van der Waals surface area contributed by atoms with Crippen molar-refractivity contribution in [2.45, 2.75) is 19.4 Å². The zero-order valence-corrected chi connectivity index (χ0v) is 21.5. The largest absolute Gasteiger partial charge is 0.494 e. The summed E-state index contributed by atoms with van der Waals surface area (Å²) in [4.78, 5) is 17.7. The Morgan fingerprint density at radius 2 is 1.67 bits per heavy atom. The van der Waals surface area contributed by atoms with E-state index in [0.29, 0.717) is 24.7 Å². The van der Waals surface area contributed by atoms with Crippen LogP contribution in [0.4, 0.5) is 0 Å². The maximum absolute atomic E-state index is 13.9. The van der Waals surface area contributed by atoms with E-state index >= 15 is 0 Å². The number of ether oxygens (including phenoxy) is 3. The summed E-state index contributed by atoms with van der Waals surface area (Å²) in [6.07, 6.45) is 0.752. The van der Waals surface area contributed by atoms with Gasteiger partial charge in [0.15, 0.2) is 11.5 Å². The van der Waals surface area contributed by atoms with Crippen LogP contribution in [0.3, 0.4) is 0 Å². The zero-order chi connectivity index (χ0) is 25.1. The molecule has 0 saturated carbocycles. The summed E-state index contributed by atoms with van der Waals surface area (Å²) in [5.41, 5.74) is 4.39. The first-order valence-corrected chi connectivity index (χ1v) is 12.9. The molecule has 0 fully saturated rings. The first-order valence-electron chi connectivity index (χ1n) is 12.1. The Balaban J connectivity index is 1.50. The zero-order valence-electron chi connectivity index (χ0n) is 20.7. The molecule has 0 N–H and O–H groups in total. The highest BCUT2D eigenvalue weighted by Gasteiger charge is 2.34. The van der Waals surface area contributed by atoms with Gasteiger partial charge in [-0.25, -0.2) is 0 Å². The van der Waals surface area contributed by atoms with Crippen LogP contribution < -0.4 is 14.2 Å². The van der Waals surface area contributed by atoms with Gasteiger partial charge in [-0.3, -0.25) is 4.79 Å². The molecule has 6 heteroatoms. The van der Waals surface area contributed by atoms with Crippen molar-refractivity contribution in [1.82, 2.24) is 4.90 Å². The number of amides is 1. The van der Waals surface area contributed by atoms with Crippen LogP contribution in [0.15, 0.2) is 78.9 Å². The van der Waals surface area contributed by atoms with E-state index in [2.05, 4.69) is 12.1 Å². The van der Waals surface area contributed by atoms with Gasteiger partial charge in [0.05, 0.1) is 31.7 Å². The third-order valence-corrected chi connectivity index (χ3v) is 7.64. The number of methoxy groups -OCH3 is 2. The normalized spacial score (nSPS) is 14.8. The van der Waals surface area contributed by atoms with Gasteiger partial charge in [-0.2, -0.15) is 0 Å². The number of benzene rings is 3. The van der Waals surface area contributed by atoms with Crippen molar-refractivity contribution in [2.24, 2.45) is 0 Å². The maximum Gasteiger partial charge on any atom is 0.264 e. The van der Waals surface area contributed by atoms with E-state index in [1.54, 1.807) is 14.2 Å². The lowest BCUT2D eigenvalue weighted by Gasteiger charge is -2.38. The molecule has 1 aromatic heterocycles. The van der Waals surface area contributed by atoms with E-state index in [9.17, 15) is 4.79 Å². The number of hydrogen-bond acceptors (Lipinski definition) is 5. The fourth-order valence-corrected chi connectivity index (χ4v) is 5.76. The summed E-state index contributed by atoms with van der Waals surface area (Å²) in [6.45, 7) is 3.23. The molecule has 0 bridgehead atoms. The monoisotopic (exact) mass is 499 g/mol. The molecule has 4 aromatic rings. The minimum absolute atomic E-state index is 0.0338. The number of thiophene rings is 1. The van der Waals surface area contributed by atoms with Gasteiger partial charge in [-0.05, 0) is 84.1 Å². The van der Waals surface area contributed by atoms with Gasteiger partial charge in [0.1, 0.15) is 5.75 Å². The standard InChI is InChI=1S/C30H29NO4S/c1-4-35-23-12-10-20(11-13-23)27-14-15-28(36-27)30(32)31-17-16-22-18-25(33-2)26(34-3)19-24(22)29(31)21-8-6-5-7-9-21/h5-15,18-19,29H,4,16-17H2,1-3H3. The van der Waals surface area contributed by atoms with E-state index in [1.807, 2.05) is 78.6 Å². The van der Waals surface area contributed by atoms with Crippen molar-refractivity contribution in [3.05, 3.63) is 100 Å². The van der Waals surface area contributed by atoms with Gasteiger partial charge in [0, 0.05) is 11.4 Å². The predicted octanol–water partition coefficient (Wildman–Crippen LogP) is 6.62. The van der Waals surface area contributed by atoms with Gasteiger partial charge < -0.3 is 19.1 Å². The Kier molecular flexibility index (Phi) is 6.96. The van der Waals surface area contributed by atoms with E-state index in [1.165, 1.54) is 16.9 Å². The number of nitrogens with zero attached hydrogens (tertiary/aromatic N) is 1. The minimum Gasteiger partial charge on any atom is -0.494 e. The number of fused-ring (bicyclic) bond motifs is 1. The highest BCUT2D eigenvalue weighted by Crippen LogP contribution is 2.42. The van der Waals surface area contributed by atoms with Crippen LogP contribution in [0, 0.1) is 0 Å². The summed E-state index contributed by atoms with van der Waals surface area (Å²) in [7, 11) is 3.29. The molecule has 0 spiro atoms. The molecule has 1 unspecified atom stereocenters. The maximum atomic E-state index is 13.9. The van der Waals surface area contributed by atoms with Crippen LogP contribution in [0.2, 0.25) is 0 Å². The fourth-order valence-electron chi connectivity index (χ4n) is 4.79. The van der Waals surface area contributed by atoms with Crippen LogP contribution in [0.5, 0.6) is 17.2 Å². The van der Waals surface area contributed by atoms with E-state index in [4.69, 9.17) is 14.2 Å². The molecular formula is C30H29NO4S. The highest BCUT2D eigenvalue weighted by molar-refractivity contribution is 7.17. The predicted molar refractivity (Wildman–Crippen MR) is 143 cm³/mol. The fraction of sp³-hybridized carbons (Fsp3) is 0.233. The summed E-state index contributed by atoms with van der Waals surface area (Å²) in [6, 6.07) is 26.0. The summed E-state index contributed by atoms with van der Waals surface area (Å²) < 4.78 is 16.7. The molecule has 0 radical (unpaired) electrons. The number of rotatable bonds is 7. The lowest BCUT2D eigenvalue weighted by molar-refractivity contribution is 0.0699. The molecule has 36 heavy (non-hydrogen) atoms. The van der Waals surface area contributed by atoms with Gasteiger partial charge in [0.2, 0.25) is 0 Å². The minimum atomic E-state index is -0.210. The van der Waals surface area contributed by atoms with Crippen LogP contribution in [-0.2, 0) is 6.42 Å². The van der Waals surface area contributed by atoms with Crippen molar-refractivity contribution in [2.75, 3.05) is 27.4 Å². The molecule has 1 aliphatic rings. The molecule has 5 rings (SSSR count). The number of hydrogen-bond donors (Lipinski definition) is 0. The lowest BCUT2D eigenvalue weighted by Crippen LogP contribution is -2.40. The summed E-state index contributed by atoms with van der Waals surface area (Å²) >= 11 is 1.52. The molecule has 1 amide bonds. The molecule has 0 aliphatic carbocycles. The first kappa shape index (κ1) is 23.9. The summed E-state index contributed by atoms with van der Waals surface area (Å²) in [5.74, 6) is 2.26. The van der Waals surface area contributed by atoms with E-state index < -0.39 is 0 Å². The molecule has 0 saturated heterocycles. The van der Waals surface area contributed by atoms with Crippen molar-refractivity contribution in [1.29, 1.82) is 0 Å². The molecule has 1 aliphatic heterocycles. The van der Waals surface area contributed by atoms with E-state index in [-0.39, 0.29) is 11.9 Å². The number of carbonyl (C=O) groups excluding carboxylic acids is 1. The molecular weight excluding hydrogens is 470 g/mol. The van der Waals surface area contributed by atoms with Crippen LogP contribution in [0.1, 0.15) is 39.3 Å². The van der Waals surface area contributed by atoms with Crippen molar-refractivity contribution < 1.29 is 19.0 Å². The van der Waals surface area contributed by atoms with Gasteiger partial charge in [-0.15, -0.1) is 11.3 Å². The molecule has 5 nitrogen and oxygen atoms in total. The second kappa shape index (κ2) is 10.5. The average molecular weight is 500 g/mol. The Bertz CT molecular complexity index is 1350. The quantitative estimate of drug-likeness (QED) is 0.287. The van der Waals surface area contributed by atoms with Gasteiger partial charge >= 0.3 is 0 Å². The third-order valence-electron chi connectivity index (χ3n) is 6.52. The smallest absolute Gasteiger partial charge is 0.264 e. The van der Waals surface area contributed by atoms with Crippen molar-refractivity contribution in [3.63, 3.8) is 0 Å². The van der Waals surface area contributed by atoms with Crippen LogP contribution in [0.25, 0.3) is 10.4 Å². The summed E-state index contributed by atoms with van der Waals surface area (Å²) in [5, 5.41) is 0. The van der Waals surface area contributed by atoms with E-state index in [0.717, 1.165) is 38.6 Å². The second-order valence-electron chi connectivity index (χ2n) is 8.59. The van der Waals surface area contributed by atoms with Crippen molar-refractivity contribution >= 4 is 17.2 Å². The molecule has 1 atom stereocenters. The highest BCUT2D eigenvalue weighted by atomic mass is 32.1. The van der Waals surface area contributed by atoms with Gasteiger partial charge in [0.25, 0.3) is 5.91 Å². The first-order chi connectivity index (χ1) is 17.6. The average Bonchev–Trinajstić information content (AvgIpc) is 3.42. The Morgan fingerprint density at radius 1 is 0.944 bits per heavy atom. The Morgan fingerprint density at radius 3 is 2.36 bits per heavy atom. The molecule has 3 aromatic carbocycles.